The summed E-state index contributed by atoms with van der Waals surface area (Å²) in [7, 11) is 2.11. The van der Waals surface area contributed by atoms with Crippen LogP contribution in [0.4, 0.5) is 4.39 Å². The molecule has 1 aromatic carbocycles. The molecule has 0 heterocycles. The summed E-state index contributed by atoms with van der Waals surface area (Å²) >= 11 is 0. The van der Waals surface area contributed by atoms with Gasteiger partial charge in [-0.15, -0.1) is 0 Å². The van der Waals surface area contributed by atoms with E-state index in [0.717, 1.165) is 18.7 Å². The van der Waals surface area contributed by atoms with E-state index in [1.165, 1.54) is 37.8 Å². The van der Waals surface area contributed by atoms with Gasteiger partial charge in [0.25, 0.3) is 0 Å². The van der Waals surface area contributed by atoms with E-state index in [1.807, 2.05) is 12.1 Å². The fraction of sp³-hybridized carbons (Fsp3) is 0.600. The molecule has 0 spiro atoms. The van der Waals surface area contributed by atoms with E-state index in [1.54, 1.807) is 0 Å². The molecule has 1 fully saturated rings. The van der Waals surface area contributed by atoms with Gasteiger partial charge in [0, 0.05) is 12.6 Å². The van der Waals surface area contributed by atoms with Crippen molar-refractivity contribution in [3.05, 3.63) is 35.6 Å². The van der Waals surface area contributed by atoms with Crippen molar-refractivity contribution in [3.63, 3.8) is 0 Å². The van der Waals surface area contributed by atoms with Crippen molar-refractivity contribution >= 4 is 0 Å². The minimum Gasteiger partial charge on any atom is -0.327 e. The number of halogens is 1. The van der Waals surface area contributed by atoms with Crippen molar-refractivity contribution in [1.29, 1.82) is 0 Å². The molecule has 0 amide bonds. The summed E-state index contributed by atoms with van der Waals surface area (Å²) in [6, 6.07) is 7.16. The zero-order chi connectivity index (χ0) is 13.0. The normalized spacial score (nSPS) is 23.8. The van der Waals surface area contributed by atoms with Gasteiger partial charge >= 0.3 is 0 Å². The molecule has 0 aliphatic heterocycles. The SMILES string of the molecule is CN(CCC1CCCC1N)Cc1ccc(F)cc1. The third-order valence-electron chi connectivity index (χ3n) is 3.97. The predicted octanol–water partition coefficient (Wildman–Crippen LogP) is 2.78. The molecule has 2 rings (SSSR count). The minimum absolute atomic E-state index is 0.168. The van der Waals surface area contributed by atoms with Crippen LogP contribution in [0.1, 0.15) is 31.2 Å². The molecular formula is C15H23FN2. The Balaban J connectivity index is 1.74. The zero-order valence-corrected chi connectivity index (χ0v) is 11.1. The van der Waals surface area contributed by atoms with Crippen molar-refractivity contribution in [1.82, 2.24) is 4.90 Å². The molecule has 1 saturated carbocycles. The van der Waals surface area contributed by atoms with Crippen LogP contribution in [0.15, 0.2) is 24.3 Å². The summed E-state index contributed by atoms with van der Waals surface area (Å²) in [4.78, 5) is 2.29. The Labute approximate surface area is 109 Å². The molecule has 2 N–H and O–H groups in total. The molecule has 100 valence electrons. The quantitative estimate of drug-likeness (QED) is 0.870. The van der Waals surface area contributed by atoms with E-state index in [2.05, 4.69) is 11.9 Å². The van der Waals surface area contributed by atoms with Crippen molar-refractivity contribution in [2.75, 3.05) is 13.6 Å². The third-order valence-corrected chi connectivity index (χ3v) is 3.97. The first-order valence-electron chi connectivity index (χ1n) is 6.83. The first-order chi connectivity index (χ1) is 8.65. The highest BCUT2D eigenvalue weighted by Gasteiger charge is 2.23. The Morgan fingerprint density at radius 2 is 2.00 bits per heavy atom. The van der Waals surface area contributed by atoms with E-state index < -0.39 is 0 Å². The summed E-state index contributed by atoms with van der Waals surface area (Å²) in [5.41, 5.74) is 7.24. The van der Waals surface area contributed by atoms with Crippen LogP contribution in [-0.2, 0) is 6.54 Å². The number of nitrogens with zero attached hydrogens (tertiary/aromatic N) is 1. The van der Waals surface area contributed by atoms with Crippen LogP contribution in [0.2, 0.25) is 0 Å². The number of nitrogens with two attached hydrogens (primary N) is 1. The topological polar surface area (TPSA) is 29.3 Å². The van der Waals surface area contributed by atoms with Crippen LogP contribution in [0.3, 0.4) is 0 Å². The first kappa shape index (κ1) is 13.5. The van der Waals surface area contributed by atoms with Crippen LogP contribution in [-0.4, -0.2) is 24.5 Å². The Kier molecular flexibility index (Phi) is 4.72. The van der Waals surface area contributed by atoms with Crippen LogP contribution in [0.5, 0.6) is 0 Å². The smallest absolute Gasteiger partial charge is 0.123 e. The first-order valence-corrected chi connectivity index (χ1v) is 6.83. The average Bonchev–Trinajstić information content (AvgIpc) is 2.75. The van der Waals surface area contributed by atoms with Gasteiger partial charge in [-0.3, -0.25) is 0 Å². The Hall–Kier alpha value is -0.930. The maximum atomic E-state index is 12.8. The molecule has 0 bridgehead atoms. The molecule has 1 aromatic rings. The van der Waals surface area contributed by atoms with E-state index >= 15 is 0 Å². The largest absolute Gasteiger partial charge is 0.327 e. The van der Waals surface area contributed by atoms with Gasteiger partial charge in [0.1, 0.15) is 5.82 Å². The van der Waals surface area contributed by atoms with Gasteiger partial charge in [0.15, 0.2) is 0 Å². The molecule has 1 aliphatic carbocycles. The van der Waals surface area contributed by atoms with Crippen molar-refractivity contribution < 1.29 is 4.39 Å². The van der Waals surface area contributed by atoms with Crippen LogP contribution >= 0.6 is 0 Å². The summed E-state index contributed by atoms with van der Waals surface area (Å²) < 4.78 is 12.8. The highest BCUT2D eigenvalue weighted by Crippen LogP contribution is 2.26. The van der Waals surface area contributed by atoms with Crippen molar-refractivity contribution in [2.24, 2.45) is 11.7 Å². The van der Waals surface area contributed by atoms with E-state index in [9.17, 15) is 4.39 Å². The Morgan fingerprint density at radius 1 is 1.28 bits per heavy atom. The van der Waals surface area contributed by atoms with Gasteiger partial charge in [-0.1, -0.05) is 18.6 Å². The number of hydrogen-bond donors (Lipinski definition) is 1. The summed E-state index contributed by atoms with van der Waals surface area (Å²) in [6.45, 7) is 1.94. The van der Waals surface area contributed by atoms with Crippen LogP contribution in [0.25, 0.3) is 0 Å². The molecule has 18 heavy (non-hydrogen) atoms. The van der Waals surface area contributed by atoms with Crippen molar-refractivity contribution in [3.8, 4) is 0 Å². The minimum atomic E-state index is -0.168. The summed E-state index contributed by atoms with van der Waals surface area (Å²) in [5.74, 6) is 0.527. The zero-order valence-electron chi connectivity index (χ0n) is 11.1. The fourth-order valence-electron chi connectivity index (χ4n) is 2.79. The van der Waals surface area contributed by atoms with E-state index in [0.29, 0.717) is 12.0 Å². The molecule has 0 saturated heterocycles. The second kappa shape index (κ2) is 6.30. The molecule has 3 heteroatoms. The van der Waals surface area contributed by atoms with Gasteiger partial charge in [0.05, 0.1) is 0 Å². The lowest BCUT2D eigenvalue weighted by Gasteiger charge is -2.21. The Bertz CT molecular complexity index is 363. The van der Waals surface area contributed by atoms with Crippen LogP contribution < -0.4 is 5.73 Å². The van der Waals surface area contributed by atoms with E-state index in [-0.39, 0.29) is 5.82 Å². The average molecular weight is 250 g/mol. The summed E-state index contributed by atoms with van der Waals surface area (Å²) in [6.07, 6.45) is 4.93. The highest BCUT2D eigenvalue weighted by molar-refractivity contribution is 5.15. The third kappa shape index (κ3) is 3.79. The summed E-state index contributed by atoms with van der Waals surface area (Å²) in [5, 5.41) is 0. The lowest BCUT2D eigenvalue weighted by molar-refractivity contribution is 0.286. The van der Waals surface area contributed by atoms with Gasteiger partial charge in [-0.05, 0) is 56.5 Å². The number of rotatable bonds is 5. The van der Waals surface area contributed by atoms with Gasteiger partial charge in [-0.2, -0.15) is 0 Å². The monoisotopic (exact) mass is 250 g/mol. The van der Waals surface area contributed by atoms with Gasteiger partial charge in [-0.25, -0.2) is 4.39 Å². The van der Waals surface area contributed by atoms with Crippen molar-refractivity contribution in [2.45, 2.75) is 38.3 Å². The predicted molar refractivity (Wildman–Crippen MR) is 72.7 cm³/mol. The highest BCUT2D eigenvalue weighted by atomic mass is 19.1. The molecule has 2 nitrogen and oxygen atoms in total. The molecule has 1 aliphatic rings. The molecule has 2 unspecified atom stereocenters. The Morgan fingerprint density at radius 3 is 2.61 bits per heavy atom. The lowest BCUT2D eigenvalue weighted by Crippen LogP contribution is -2.28. The molecule has 0 radical (unpaired) electrons. The van der Waals surface area contributed by atoms with Crippen LogP contribution in [0, 0.1) is 11.7 Å². The maximum absolute atomic E-state index is 12.8. The fourth-order valence-corrected chi connectivity index (χ4v) is 2.79. The molecular weight excluding hydrogens is 227 g/mol. The van der Waals surface area contributed by atoms with Gasteiger partial charge in [0.2, 0.25) is 0 Å². The molecule has 2 atom stereocenters. The number of benzene rings is 1. The maximum Gasteiger partial charge on any atom is 0.123 e. The standard InChI is InChI=1S/C15H23FN2/c1-18(10-9-13-3-2-4-15(13)17)11-12-5-7-14(16)8-6-12/h5-8,13,15H,2-4,9-11,17H2,1H3. The second-order valence-corrected chi connectivity index (χ2v) is 5.51. The lowest BCUT2D eigenvalue weighted by atomic mass is 10.00. The number of hydrogen-bond acceptors (Lipinski definition) is 2. The second-order valence-electron chi connectivity index (χ2n) is 5.51. The van der Waals surface area contributed by atoms with E-state index in [4.69, 9.17) is 5.73 Å². The molecule has 0 aromatic heterocycles. The van der Waals surface area contributed by atoms with Gasteiger partial charge < -0.3 is 10.6 Å².